The van der Waals surface area contributed by atoms with Crippen LogP contribution in [-0.2, 0) is 4.74 Å². The van der Waals surface area contributed by atoms with E-state index in [0.717, 1.165) is 0 Å². The van der Waals surface area contributed by atoms with E-state index in [0.29, 0.717) is 0 Å². The second-order valence-corrected chi connectivity index (χ2v) is 8.04. The van der Waals surface area contributed by atoms with Gasteiger partial charge in [0, 0.05) is 0 Å². The zero-order chi connectivity index (χ0) is 25.4. The third-order valence-electron chi connectivity index (χ3n) is 5.98. The van der Waals surface area contributed by atoms with Crippen molar-refractivity contribution in [1.29, 1.82) is 0 Å². The van der Waals surface area contributed by atoms with Crippen LogP contribution >= 0.6 is 0 Å². The Labute approximate surface area is 203 Å². The Kier molecular flexibility index (Phi) is 5.77. The molecule has 36 heavy (non-hydrogen) atoms. The lowest BCUT2D eigenvalue weighted by Gasteiger charge is -2.21. The molecule has 0 aliphatic carbocycles. The molecule has 0 radical (unpaired) electrons. The molecule has 0 aliphatic heterocycles. The minimum absolute atomic E-state index is 0.0447. The van der Waals surface area contributed by atoms with Crippen molar-refractivity contribution in [2.24, 2.45) is 0 Å². The second kappa shape index (κ2) is 9.07. The predicted octanol–water partition coefficient (Wildman–Crippen LogP) is 4.67. The van der Waals surface area contributed by atoms with Gasteiger partial charge in [0.1, 0.15) is 22.7 Å². The van der Waals surface area contributed by atoms with Crippen LogP contribution in [0.4, 0.5) is 0 Å². The first-order chi connectivity index (χ1) is 17.4. The van der Waals surface area contributed by atoms with Gasteiger partial charge in [0.25, 0.3) is 0 Å². The monoisotopic (exact) mass is 484 g/mol. The molecule has 2 heterocycles. The Balaban J connectivity index is 1.93. The second-order valence-electron chi connectivity index (χ2n) is 8.04. The Morgan fingerprint density at radius 2 is 1.25 bits per heavy atom. The van der Waals surface area contributed by atoms with Crippen LogP contribution in [0.3, 0.4) is 0 Å². The van der Waals surface area contributed by atoms with Crippen LogP contribution in [0, 0.1) is 0 Å². The maximum absolute atomic E-state index is 13.3. The zero-order valence-electron chi connectivity index (χ0n) is 19.1. The first kappa shape index (κ1) is 22.9. The fourth-order valence-corrected chi connectivity index (χ4v) is 4.40. The summed E-state index contributed by atoms with van der Waals surface area (Å²) in [6, 6.07) is 18.9. The lowest BCUT2D eigenvalue weighted by Crippen LogP contribution is -2.23. The molecule has 0 amide bonds. The summed E-state index contributed by atoms with van der Waals surface area (Å²) in [5.41, 5.74) is -2.09. The summed E-state index contributed by atoms with van der Waals surface area (Å²) >= 11 is 0. The molecular formula is C28H20O8. The van der Waals surface area contributed by atoms with Crippen molar-refractivity contribution in [3.8, 4) is 11.5 Å². The van der Waals surface area contributed by atoms with E-state index in [9.17, 15) is 24.6 Å². The fraction of sp³-hybridized carbons (Fsp3) is 0.107. The molecular weight excluding hydrogens is 464 g/mol. The van der Waals surface area contributed by atoms with Gasteiger partial charge in [0.05, 0.1) is 40.0 Å². The van der Waals surface area contributed by atoms with Gasteiger partial charge in [-0.15, -0.1) is 0 Å². The van der Waals surface area contributed by atoms with Crippen molar-refractivity contribution in [3.63, 3.8) is 0 Å². The maximum Gasteiger partial charge on any atom is 0.344 e. The molecule has 0 saturated heterocycles. The quantitative estimate of drug-likeness (QED) is 0.272. The van der Waals surface area contributed by atoms with E-state index < -0.39 is 34.6 Å². The summed E-state index contributed by atoms with van der Waals surface area (Å²) in [6.07, 6.45) is 0. The Bertz CT molecular complexity index is 1650. The third-order valence-corrected chi connectivity index (χ3v) is 5.98. The largest absolute Gasteiger partial charge is 0.507 e. The highest BCUT2D eigenvalue weighted by atomic mass is 16.5. The molecule has 5 aromatic rings. The van der Waals surface area contributed by atoms with Crippen molar-refractivity contribution in [2.75, 3.05) is 6.61 Å². The van der Waals surface area contributed by atoms with Crippen LogP contribution in [0.5, 0.6) is 11.5 Å². The molecule has 180 valence electrons. The van der Waals surface area contributed by atoms with Crippen molar-refractivity contribution in [2.45, 2.75) is 12.8 Å². The number of benzene rings is 3. The van der Waals surface area contributed by atoms with Gasteiger partial charge in [-0.2, -0.15) is 0 Å². The minimum atomic E-state index is -1.42. The van der Waals surface area contributed by atoms with E-state index in [1.807, 2.05) is 0 Å². The molecule has 5 rings (SSSR count). The van der Waals surface area contributed by atoms with Gasteiger partial charge in [-0.3, -0.25) is 0 Å². The van der Waals surface area contributed by atoms with E-state index in [1.165, 1.54) is 24.3 Å². The SMILES string of the molecule is CCOC(=O)c1ccccc1C(c1c(O)c2ccccc2oc1=O)c1c(O)c2ccccc2oc1=O. The molecule has 0 atom stereocenters. The lowest BCUT2D eigenvalue weighted by atomic mass is 9.82. The van der Waals surface area contributed by atoms with Gasteiger partial charge in [0.15, 0.2) is 0 Å². The van der Waals surface area contributed by atoms with Crippen LogP contribution in [-0.4, -0.2) is 22.8 Å². The molecule has 0 bridgehead atoms. The van der Waals surface area contributed by atoms with Gasteiger partial charge < -0.3 is 23.8 Å². The van der Waals surface area contributed by atoms with Crippen molar-refractivity contribution in [1.82, 2.24) is 0 Å². The van der Waals surface area contributed by atoms with Gasteiger partial charge >= 0.3 is 17.2 Å². The van der Waals surface area contributed by atoms with Crippen molar-refractivity contribution in [3.05, 3.63) is 116 Å². The number of aromatic hydroxyl groups is 2. The number of carbonyl (C=O) groups excluding carboxylic acids is 1. The van der Waals surface area contributed by atoms with E-state index in [4.69, 9.17) is 13.6 Å². The topological polar surface area (TPSA) is 127 Å². The van der Waals surface area contributed by atoms with Gasteiger partial charge in [-0.1, -0.05) is 42.5 Å². The standard InChI is InChI=1S/C28H20O8/c1-2-34-26(31)16-10-4-3-9-15(16)21(22-24(29)17-11-5-7-13-19(17)35-27(22)32)23-25(30)18-12-6-8-14-20(18)36-28(23)33/h3-14,21,29-30H,2H2,1H3. The lowest BCUT2D eigenvalue weighted by molar-refractivity contribution is 0.0525. The first-order valence-electron chi connectivity index (χ1n) is 11.2. The number of hydrogen-bond acceptors (Lipinski definition) is 8. The summed E-state index contributed by atoms with van der Waals surface area (Å²) < 4.78 is 16.1. The summed E-state index contributed by atoms with van der Waals surface area (Å²) in [5, 5.41) is 23.0. The van der Waals surface area contributed by atoms with Gasteiger partial charge in [-0.25, -0.2) is 14.4 Å². The number of rotatable bonds is 5. The van der Waals surface area contributed by atoms with E-state index in [1.54, 1.807) is 55.5 Å². The van der Waals surface area contributed by atoms with Crippen LogP contribution < -0.4 is 11.3 Å². The average Bonchev–Trinajstić information content (AvgIpc) is 2.88. The highest BCUT2D eigenvalue weighted by Crippen LogP contribution is 2.42. The van der Waals surface area contributed by atoms with Crippen molar-refractivity contribution >= 4 is 27.9 Å². The molecule has 3 aromatic carbocycles. The number of fused-ring (bicyclic) bond motifs is 2. The van der Waals surface area contributed by atoms with Crippen molar-refractivity contribution < 1.29 is 28.6 Å². The van der Waals surface area contributed by atoms with Crippen LogP contribution in [0.25, 0.3) is 21.9 Å². The van der Waals surface area contributed by atoms with Crippen LogP contribution in [0.2, 0.25) is 0 Å². The average molecular weight is 484 g/mol. The number of esters is 1. The van der Waals surface area contributed by atoms with E-state index in [-0.39, 0.29) is 50.8 Å². The first-order valence-corrected chi connectivity index (χ1v) is 11.2. The summed E-state index contributed by atoms with van der Waals surface area (Å²) in [4.78, 5) is 39.4. The van der Waals surface area contributed by atoms with Gasteiger partial charge in [0.2, 0.25) is 0 Å². The Morgan fingerprint density at radius 3 is 1.78 bits per heavy atom. The maximum atomic E-state index is 13.3. The highest BCUT2D eigenvalue weighted by molar-refractivity contribution is 5.93. The zero-order valence-corrected chi connectivity index (χ0v) is 19.1. The minimum Gasteiger partial charge on any atom is -0.507 e. The molecule has 2 N–H and O–H groups in total. The molecule has 0 aliphatic rings. The number of ether oxygens (including phenoxy) is 1. The molecule has 0 fully saturated rings. The number of carbonyl (C=O) groups is 1. The normalized spacial score (nSPS) is 11.3. The molecule has 0 saturated carbocycles. The molecule has 0 unspecified atom stereocenters. The smallest absolute Gasteiger partial charge is 0.344 e. The van der Waals surface area contributed by atoms with Crippen LogP contribution in [0.15, 0.2) is 91.2 Å². The molecule has 0 spiro atoms. The molecule has 8 nitrogen and oxygen atoms in total. The summed E-state index contributed by atoms with van der Waals surface area (Å²) in [7, 11) is 0. The van der Waals surface area contributed by atoms with Gasteiger partial charge in [-0.05, 0) is 42.8 Å². The summed E-state index contributed by atoms with van der Waals surface area (Å²) in [5.74, 6) is -3.02. The predicted molar refractivity (Wildman–Crippen MR) is 132 cm³/mol. The number of hydrogen-bond donors (Lipinski definition) is 2. The Morgan fingerprint density at radius 1 is 0.778 bits per heavy atom. The Hall–Kier alpha value is -4.85. The highest BCUT2D eigenvalue weighted by Gasteiger charge is 2.34. The van der Waals surface area contributed by atoms with Crippen LogP contribution in [0.1, 0.15) is 39.9 Å². The van der Waals surface area contributed by atoms with E-state index in [2.05, 4.69) is 0 Å². The third kappa shape index (κ3) is 3.69. The summed E-state index contributed by atoms with van der Waals surface area (Å²) in [6.45, 7) is 1.73. The number of para-hydroxylation sites is 2. The van der Waals surface area contributed by atoms with E-state index >= 15 is 0 Å². The molecule has 8 heteroatoms. The fourth-order valence-electron chi connectivity index (χ4n) is 4.40. The molecule has 2 aromatic heterocycles.